The molecule has 0 fully saturated rings. The molecule has 0 bridgehead atoms. The number of alkyl halides is 2. The summed E-state index contributed by atoms with van der Waals surface area (Å²) in [5, 5.41) is 9.83. The fraction of sp³-hybridized carbons (Fsp3) is 0.417. The van der Waals surface area contributed by atoms with Crippen LogP contribution in [-0.4, -0.2) is 21.8 Å². The molecule has 0 unspecified atom stereocenters. The molecule has 0 spiro atoms. The van der Waals surface area contributed by atoms with E-state index in [1.54, 1.807) is 6.07 Å². The van der Waals surface area contributed by atoms with Crippen molar-refractivity contribution in [1.82, 2.24) is 15.2 Å². The molecule has 2 aromatic rings. The van der Waals surface area contributed by atoms with Gasteiger partial charge in [0.2, 0.25) is 5.88 Å². The summed E-state index contributed by atoms with van der Waals surface area (Å²) in [4.78, 5) is 3.80. The highest BCUT2D eigenvalue weighted by molar-refractivity contribution is 7.14. The number of aromatic nitrogens is 3. The zero-order chi connectivity index (χ0) is 14.0. The summed E-state index contributed by atoms with van der Waals surface area (Å²) in [6.07, 6.45) is 1.45. The molecule has 2 aromatic heterocycles. The average molecular weight is 285 g/mol. The fourth-order valence-electron chi connectivity index (χ4n) is 1.31. The topological polar surface area (TPSA) is 47.9 Å². The van der Waals surface area contributed by atoms with Gasteiger partial charge in [-0.15, -0.1) is 10.2 Å². The standard InChI is InChI=1S/C12H13F2N3OS/c1-12(2,3)10-17-16-9(19-10)7-4-5-8(15-6-7)18-11(13)14/h4-6,11H,1-3H3. The molecule has 102 valence electrons. The van der Waals surface area contributed by atoms with Crippen molar-refractivity contribution in [3.8, 4) is 16.5 Å². The zero-order valence-corrected chi connectivity index (χ0v) is 11.5. The van der Waals surface area contributed by atoms with E-state index in [1.807, 2.05) is 0 Å². The van der Waals surface area contributed by atoms with E-state index in [0.29, 0.717) is 5.01 Å². The number of pyridine rings is 1. The van der Waals surface area contributed by atoms with Crippen LogP contribution in [0.4, 0.5) is 8.78 Å². The largest absolute Gasteiger partial charge is 0.417 e. The van der Waals surface area contributed by atoms with Crippen molar-refractivity contribution in [2.45, 2.75) is 32.8 Å². The summed E-state index contributed by atoms with van der Waals surface area (Å²) < 4.78 is 28.2. The van der Waals surface area contributed by atoms with Gasteiger partial charge in [0, 0.05) is 23.2 Å². The van der Waals surface area contributed by atoms with Gasteiger partial charge >= 0.3 is 6.61 Å². The maximum Gasteiger partial charge on any atom is 0.388 e. The highest BCUT2D eigenvalue weighted by Crippen LogP contribution is 2.30. The lowest BCUT2D eigenvalue weighted by Crippen LogP contribution is -2.10. The maximum absolute atomic E-state index is 12.0. The van der Waals surface area contributed by atoms with E-state index in [0.717, 1.165) is 10.6 Å². The van der Waals surface area contributed by atoms with Crippen molar-refractivity contribution >= 4 is 11.3 Å². The number of nitrogens with zero attached hydrogens (tertiary/aromatic N) is 3. The van der Waals surface area contributed by atoms with Crippen molar-refractivity contribution in [3.63, 3.8) is 0 Å². The predicted octanol–water partition coefficient (Wildman–Crippen LogP) is 3.50. The molecule has 0 radical (unpaired) electrons. The molecule has 0 saturated heterocycles. The van der Waals surface area contributed by atoms with Gasteiger partial charge < -0.3 is 4.74 Å². The molecule has 2 rings (SSSR count). The summed E-state index contributed by atoms with van der Waals surface area (Å²) in [6.45, 7) is 3.28. The van der Waals surface area contributed by atoms with Crippen LogP contribution in [0.2, 0.25) is 0 Å². The minimum Gasteiger partial charge on any atom is -0.417 e. The van der Waals surface area contributed by atoms with E-state index < -0.39 is 6.61 Å². The van der Waals surface area contributed by atoms with Crippen molar-refractivity contribution < 1.29 is 13.5 Å². The lowest BCUT2D eigenvalue weighted by Gasteiger charge is -2.12. The Morgan fingerprint density at radius 1 is 1.21 bits per heavy atom. The summed E-state index contributed by atoms with van der Waals surface area (Å²) in [5.74, 6) is -0.112. The Morgan fingerprint density at radius 2 is 1.95 bits per heavy atom. The Kier molecular flexibility index (Phi) is 3.75. The number of ether oxygens (including phenoxy) is 1. The van der Waals surface area contributed by atoms with Gasteiger partial charge in [-0.1, -0.05) is 32.1 Å². The van der Waals surface area contributed by atoms with Crippen molar-refractivity contribution in [3.05, 3.63) is 23.3 Å². The smallest absolute Gasteiger partial charge is 0.388 e. The zero-order valence-electron chi connectivity index (χ0n) is 10.7. The quantitative estimate of drug-likeness (QED) is 0.866. The summed E-state index contributed by atoms with van der Waals surface area (Å²) in [5.41, 5.74) is 0.664. The van der Waals surface area contributed by atoms with E-state index >= 15 is 0 Å². The third-order valence-electron chi connectivity index (χ3n) is 2.26. The Morgan fingerprint density at radius 3 is 2.42 bits per heavy atom. The van der Waals surface area contributed by atoms with E-state index in [2.05, 4.69) is 40.7 Å². The normalized spacial score (nSPS) is 11.9. The predicted molar refractivity (Wildman–Crippen MR) is 68.5 cm³/mol. The second-order valence-corrected chi connectivity index (χ2v) is 5.90. The van der Waals surface area contributed by atoms with Gasteiger partial charge in [-0.05, 0) is 6.07 Å². The Labute approximate surface area is 113 Å². The minimum atomic E-state index is -2.87. The monoisotopic (exact) mass is 285 g/mol. The molecule has 19 heavy (non-hydrogen) atoms. The van der Waals surface area contributed by atoms with Gasteiger partial charge in [-0.3, -0.25) is 0 Å². The maximum atomic E-state index is 12.0. The van der Waals surface area contributed by atoms with Gasteiger partial charge in [0.15, 0.2) is 0 Å². The molecule has 0 saturated carbocycles. The van der Waals surface area contributed by atoms with Crippen LogP contribution in [0.5, 0.6) is 5.88 Å². The number of halogens is 2. The summed E-state index contributed by atoms with van der Waals surface area (Å²) >= 11 is 1.46. The molecule has 0 atom stereocenters. The van der Waals surface area contributed by atoms with Gasteiger partial charge in [0.05, 0.1) is 0 Å². The van der Waals surface area contributed by atoms with Crippen molar-refractivity contribution in [2.75, 3.05) is 0 Å². The number of hydrogen-bond acceptors (Lipinski definition) is 5. The second kappa shape index (κ2) is 5.16. The lowest BCUT2D eigenvalue weighted by atomic mass is 9.98. The third-order valence-corrected chi connectivity index (χ3v) is 3.66. The second-order valence-electron chi connectivity index (χ2n) is 4.93. The molecular formula is C12H13F2N3OS. The molecule has 0 aromatic carbocycles. The van der Waals surface area contributed by atoms with E-state index in [9.17, 15) is 8.78 Å². The van der Waals surface area contributed by atoms with Gasteiger partial charge in [0.1, 0.15) is 10.0 Å². The Balaban J connectivity index is 2.20. The van der Waals surface area contributed by atoms with Crippen molar-refractivity contribution in [2.24, 2.45) is 0 Å². The fourth-order valence-corrected chi connectivity index (χ4v) is 2.20. The van der Waals surface area contributed by atoms with Gasteiger partial charge in [0.25, 0.3) is 0 Å². The highest BCUT2D eigenvalue weighted by Gasteiger charge is 2.20. The summed E-state index contributed by atoms with van der Waals surface area (Å²) in [7, 11) is 0. The van der Waals surface area contributed by atoms with Gasteiger partial charge in [-0.2, -0.15) is 8.78 Å². The molecular weight excluding hydrogens is 272 g/mol. The van der Waals surface area contributed by atoms with Crippen LogP contribution >= 0.6 is 11.3 Å². The Hall–Kier alpha value is -1.63. The SMILES string of the molecule is CC(C)(C)c1nnc(-c2ccc(OC(F)F)nc2)s1. The molecule has 0 N–H and O–H groups in total. The molecule has 0 aliphatic heterocycles. The highest BCUT2D eigenvalue weighted by atomic mass is 32.1. The van der Waals surface area contributed by atoms with E-state index in [-0.39, 0.29) is 11.3 Å². The van der Waals surface area contributed by atoms with Crippen LogP contribution < -0.4 is 4.74 Å². The first kappa shape index (κ1) is 13.8. The van der Waals surface area contributed by atoms with Crippen LogP contribution in [0.1, 0.15) is 25.8 Å². The molecule has 0 aliphatic rings. The number of rotatable bonds is 3. The van der Waals surface area contributed by atoms with Crippen LogP contribution in [0.25, 0.3) is 10.6 Å². The van der Waals surface area contributed by atoms with E-state index in [1.165, 1.54) is 23.6 Å². The first-order valence-corrected chi connectivity index (χ1v) is 6.43. The molecule has 7 heteroatoms. The van der Waals surface area contributed by atoms with Crippen LogP contribution in [0.3, 0.4) is 0 Å². The minimum absolute atomic E-state index is 0.0674. The molecule has 4 nitrogen and oxygen atoms in total. The van der Waals surface area contributed by atoms with Crippen LogP contribution in [0.15, 0.2) is 18.3 Å². The van der Waals surface area contributed by atoms with Crippen LogP contribution in [0, 0.1) is 0 Å². The van der Waals surface area contributed by atoms with Gasteiger partial charge in [-0.25, -0.2) is 4.98 Å². The lowest BCUT2D eigenvalue weighted by molar-refractivity contribution is -0.0528. The van der Waals surface area contributed by atoms with Crippen molar-refractivity contribution in [1.29, 1.82) is 0 Å². The molecule has 2 heterocycles. The molecule has 0 aliphatic carbocycles. The third kappa shape index (κ3) is 3.44. The Bertz CT molecular complexity index is 549. The van der Waals surface area contributed by atoms with E-state index in [4.69, 9.17) is 0 Å². The average Bonchev–Trinajstić information content (AvgIpc) is 2.78. The summed E-state index contributed by atoms with van der Waals surface area (Å²) in [6, 6.07) is 3.03. The first-order valence-electron chi connectivity index (χ1n) is 5.61. The van der Waals surface area contributed by atoms with Crippen LogP contribution in [-0.2, 0) is 5.41 Å². The first-order chi connectivity index (χ1) is 8.86. The number of hydrogen-bond donors (Lipinski definition) is 0. The molecule has 0 amide bonds.